The van der Waals surface area contributed by atoms with E-state index in [9.17, 15) is 14.4 Å². The second kappa shape index (κ2) is 11.8. The zero-order valence-electron chi connectivity index (χ0n) is 18.8. The van der Waals surface area contributed by atoms with Crippen molar-refractivity contribution in [1.29, 1.82) is 5.26 Å². The second-order valence-electron chi connectivity index (χ2n) is 8.40. The predicted octanol–water partition coefficient (Wildman–Crippen LogP) is 4.05. The number of esters is 1. The number of hydrogen-bond acceptors (Lipinski definition) is 5. The van der Waals surface area contributed by atoms with Crippen LogP contribution >= 0.6 is 0 Å². The van der Waals surface area contributed by atoms with Crippen LogP contribution in [0.5, 0.6) is 0 Å². The molecule has 3 rings (SSSR count). The summed E-state index contributed by atoms with van der Waals surface area (Å²) in [6, 6.07) is 14.7. The summed E-state index contributed by atoms with van der Waals surface area (Å²) in [6.45, 7) is 0.166. The van der Waals surface area contributed by atoms with Crippen molar-refractivity contribution in [3.05, 3.63) is 71.3 Å². The average molecular weight is 448 g/mol. The van der Waals surface area contributed by atoms with Gasteiger partial charge in [0.25, 0.3) is 11.8 Å². The van der Waals surface area contributed by atoms with Crippen LogP contribution in [-0.2, 0) is 16.1 Å². The summed E-state index contributed by atoms with van der Waals surface area (Å²) in [5, 5.41) is 11.9. The van der Waals surface area contributed by atoms with Gasteiger partial charge in [0.05, 0.1) is 5.56 Å². The molecule has 0 aliphatic heterocycles. The highest BCUT2D eigenvalue weighted by Gasteiger charge is 2.28. The fourth-order valence-electron chi connectivity index (χ4n) is 4.07. The van der Waals surface area contributed by atoms with Gasteiger partial charge < -0.3 is 10.1 Å². The Labute approximate surface area is 194 Å². The molecular formula is C26H29N3O4. The molecule has 0 bridgehead atoms. The Balaban J connectivity index is 1.62. The molecule has 0 saturated heterocycles. The Morgan fingerprint density at radius 3 is 2.30 bits per heavy atom. The summed E-state index contributed by atoms with van der Waals surface area (Å²) in [7, 11) is 1.40. The van der Waals surface area contributed by atoms with E-state index in [1.807, 2.05) is 36.5 Å². The highest BCUT2D eigenvalue weighted by atomic mass is 16.5. The second-order valence-corrected chi connectivity index (χ2v) is 8.40. The van der Waals surface area contributed by atoms with E-state index in [-0.39, 0.29) is 6.61 Å². The SMILES string of the molecule is CN(C#N)C(=O)C(CC1CCCCC1)NC(=O)c1ccc(C(=O)OCc2ccccc2)cc1. The van der Waals surface area contributed by atoms with Gasteiger partial charge in [0, 0.05) is 12.6 Å². The molecule has 1 unspecified atom stereocenters. The van der Waals surface area contributed by atoms with E-state index in [4.69, 9.17) is 10.00 Å². The lowest BCUT2D eigenvalue weighted by atomic mass is 9.84. The van der Waals surface area contributed by atoms with Gasteiger partial charge in [-0.15, -0.1) is 0 Å². The summed E-state index contributed by atoms with van der Waals surface area (Å²) < 4.78 is 5.31. The topological polar surface area (TPSA) is 99.5 Å². The number of carbonyl (C=O) groups excluding carboxylic acids is 3. The number of nitrogens with zero attached hydrogens (tertiary/aromatic N) is 2. The van der Waals surface area contributed by atoms with E-state index < -0.39 is 23.8 Å². The van der Waals surface area contributed by atoms with Gasteiger partial charge in [0.1, 0.15) is 12.6 Å². The van der Waals surface area contributed by atoms with Crippen LogP contribution in [0.25, 0.3) is 0 Å². The molecule has 1 atom stereocenters. The van der Waals surface area contributed by atoms with E-state index in [0.717, 1.165) is 36.1 Å². The van der Waals surface area contributed by atoms with Gasteiger partial charge in [0.2, 0.25) is 0 Å². The Kier molecular flexibility index (Phi) is 8.59. The normalized spacial score (nSPS) is 14.5. The lowest BCUT2D eigenvalue weighted by Gasteiger charge is -2.27. The number of ether oxygens (including phenoxy) is 1. The molecule has 172 valence electrons. The molecule has 0 aromatic heterocycles. The average Bonchev–Trinajstić information content (AvgIpc) is 2.87. The smallest absolute Gasteiger partial charge is 0.338 e. The number of rotatable bonds is 8. The summed E-state index contributed by atoms with van der Waals surface area (Å²) in [5.41, 5.74) is 1.55. The van der Waals surface area contributed by atoms with Crippen molar-refractivity contribution >= 4 is 17.8 Å². The third-order valence-corrected chi connectivity index (χ3v) is 5.97. The van der Waals surface area contributed by atoms with Crippen LogP contribution in [0.1, 0.15) is 64.8 Å². The quantitative estimate of drug-likeness (QED) is 0.374. The maximum Gasteiger partial charge on any atom is 0.338 e. The van der Waals surface area contributed by atoms with Crippen molar-refractivity contribution in [1.82, 2.24) is 10.2 Å². The van der Waals surface area contributed by atoms with Crippen molar-refractivity contribution in [2.75, 3.05) is 7.05 Å². The molecule has 1 fully saturated rings. The van der Waals surface area contributed by atoms with E-state index >= 15 is 0 Å². The summed E-state index contributed by atoms with van der Waals surface area (Å²) in [4.78, 5) is 38.7. The third-order valence-electron chi connectivity index (χ3n) is 5.97. The van der Waals surface area contributed by atoms with Gasteiger partial charge >= 0.3 is 5.97 Å². The minimum atomic E-state index is -0.763. The van der Waals surface area contributed by atoms with E-state index in [1.54, 1.807) is 0 Å². The van der Waals surface area contributed by atoms with Gasteiger partial charge in [-0.25, -0.2) is 4.79 Å². The molecule has 1 N–H and O–H groups in total. The molecule has 1 aliphatic carbocycles. The van der Waals surface area contributed by atoms with E-state index in [0.29, 0.717) is 23.5 Å². The van der Waals surface area contributed by atoms with Crippen LogP contribution < -0.4 is 5.32 Å². The van der Waals surface area contributed by atoms with E-state index in [2.05, 4.69) is 5.32 Å². The van der Waals surface area contributed by atoms with Crippen LogP contribution in [-0.4, -0.2) is 35.8 Å². The Hall–Kier alpha value is -3.66. The first-order valence-corrected chi connectivity index (χ1v) is 11.3. The van der Waals surface area contributed by atoms with Crippen molar-refractivity contribution in [3.8, 4) is 6.19 Å². The van der Waals surface area contributed by atoms with Crippen LogP contribution in [0.15, 0.2) is 54.6 Å². The van der Waals surface area contributed by atoms with Crippen molar-refractivity contribution in [2.45, 2.75) is 51.2 Å². The molecule has 33 heavy (non-hydrogen) atoms. The lowest BCUT2D eigenvalue weighted by molar-refractivity contribution is -0.129. The maximum absolute atomic E-state index is 12.8. The summed E-state index contributed by atoms with van der Waals surface area (Å²) in [6.07, 6.45) is 7.82. The van der Waals surface area contributed by atoms with Crippen LogP contribution in [0, 0.1) is 17.4 Å². The van der Waals surface area contributed by atoms with Gasteiger partial charge in [0.15, 0.2) is 6.19 Å². The highest BCUT2D eigenvalue weighted by Crippen LogP contribution is 2.27. The molecule has 0 heterocycles. The minimum Gasteiger partial charge on any atom is -0.457 e. The van der Waals surface area contributed by atoms with Crippen LogP contribution in [0.3, 0.4) is 0 Å². The van der Waals surface area contributed by atoms with Crippen LogP contribution in [0.4, 0.5) is 0 Å². The molecule has 0 radical (unpaired) electrons. The standard InChI is InChI=1S/C26H29N3O4/c1-29(18-27)25(31)23(16-19-8-4-2-5-9-19)28-24(30)21-12-14-22(15-13-21)26(32)33-17-20-10-6-3-7-11-20/h3,6-7,10-15,19,23H,2,4-5,8-9,16-17H2,1H3,(H,28,30). The molecule has 2 aromatic carbocycles. The van der Waals surface area contributed by atoms with Crippen molar-refractivity contribution < 1.29 is 19.1 Å². The van der Waals surface area contributed by atoms with E-state index in [1.165, 1.54) is 37.7 Å². The number of nitrogens with one attached hydrogen (secondary N) is 1. The lowest BCUT2D eigenvalue weighted by Crippen LogP contribution is -2.47. The number of benzene rings is 2. The number of nitriles is 1. The van der Waals surface area contributed by atoms with Gasteiger partial charge in [-0.05, 0) is 42.2 Å². The molecular weight excluding hydrogens is 418 g/mol. The molecule has 7 nitrogen and oxygen atoms in total. The Morgan fingerprint density at radius 1 is 1.03 bits per heavy atom. The monoisotopic (exact) mass is 447 g/mol. The summed E-state index contributed by atoms with van der Waals surface area (Å²) >= 11 is 0. The zero-order chi connectivity index (χ0) is 23.6. The molecule has 0 spiro atoms. The molecule has 2 aromatic rings. The number of hydrogen-bond donors (Lipinski definition) is 1. The zero-order valence-corrected chi connectivity index (χ0v) is 18.8. The number of amides is 2. The van der Waals surface area contributed by atoms with Gasteiger partial charge in [-0.1, -0.05) is 62.4 Å². The fraction of sp³-hybridized carbons (Fsp3) is 0.385. The first kappa shape index (κ1) is 24.0. The number of carbonyl (C=O) groups is 3. The van der Waals surface area contributed by atoms with Gasteiger partial charge in [-0.2, -0.15) is 5.26 Å². The Morgan fingerprint density at radius 2 is 1.67 bits per heavy atom. The molecule has 2 amide bonds. The molecule has 1 saturated carbocycles. The third kappa shape index (κ3) is 6.91. The minimum absolute atomic E-state index is 0.166. The highest BCUT2D eigenvalue weighted by molar-refractivity contribution is 5.98. The number of likely N-dealkylation sites (N-methyl/N-ethyl adjacent to an activating group) is 1. The fourth-order valence-corrected chi connectivity index (χ4v) is 4.07. The van der Waals surface area contributed by atoms with Crippen LogP contribution in [0.2, 0.25) is 0 Å². The first-order chi connectivity index (χ1) is 16.0. The predicted molar refractivity (Wildman–Crippen MR) is 123 cm³/mol. The molecule has 7 heteroatoms. The Bertz CT molecular complexity index is 992. The first-order valence-electron chi connectivity index (χ1n) is 11.3. The van der Waals surface area contributed by atoms with Crippen molar-refractivity contribution in [2.24, 2.45) is 5.92 Å². The largest absolute Gasteiger partial charge is 0.457 e. The summed E-state index contributed by atoms with van der Waals surface area (Å²) in [5.74, 6) is -0.967. The van der Waals surface area contributed by atoms with Crippen molar-refractivity contribution in [3.63, 3.8) is 0 Å². The van der Waals surface area contributed by atoms with Gasteiger partial charge in [-0.3, -0.25) is 14.5 Å². The molecule has 1 aliphatic rings. The maximum atomic E-state index is 12.8.